The quantitative estimate of drug-likeness (QED) is 0.709. The van der Waals surface area contributed by atoms with Crippen LogP contribution in [0.25, 0.3) is 0 Å². The number of hydrogen-bond donors (Lipinski definition) is 1. The summed E-state index contributed by atoms with van der Waals surface area (Å²) >= 11 is 0. The molecule has 0 aliphatic rings. The number of carboxylic acid groups (broad SMARTS) is 1. The summed E-state index contributed by atoms with van der Waals surface area (Å²) < 4.78 is 0. The van der Waals surface area contributed by atoms with E-state index in [2.05, 4.69) is 0 Å². The van der Waals surface area contributed by atoms with E-state index in [-0.39, 0.29) is 18.5 Å². The van der Waals surface area contributed by atoms with E-state index in [9.17, 15) is 9.59 Å². The van der Waals surface area contributed by atoms with Gasteiger partial charge in [-0.05, 0) is 14.0 Å². The molecule has 5 heteroatoms. The molecule has 0 aromatic heterocycles. The first-order chi connectivity index (χ1) is 6.77. The van der Waals surface area contributed by atoms with E-state index in [0.29, 0.717) is 0 Å². The van der Waals surface area contributed by atoms with Crippen molar-refractivity contribution in [2.45, 2.75) is 19.9 Å². The van der Waals surface area contributed by atoms with E-state index in [4.69, 9.17) is 5.11 Å². The average Bonchev–Trinajstić information content (AvgIpc) is 2.14. The molecule has 0 radical (unpaired) electrons. The van der Waals surface area contributed by atoms with Gasteiger partial charge in [-0.2, -0.15) is 0 Å². The van der Waals surface area contributed by atoms with Crippen LogP contribution in [0.15, 0.2) is 0 Å². The molecule has 0 bridgehead atoms. The molecule has 0 saturated heterocycles. The lowest BCUT2D eigenvalue weighted by Crippen LogP contribution is -2.43. The maximum Gasteiger partial charge on any atom is 0.307 e. The second-order valence-corrected chi connectivity index (χ2v) is 4.07. The van der Waals surface area contributed by atoms with Crippen molar-refractivity contribution in [3.8, 4) is 0 Å². The number of rotatable bonds is 5. The van der Waals surface area contributed by atoms with Crippen molar-refractivity contribution in [1.29, 1.82) is 0 Å². The summed E-state index contributed by atoms with van der Waals surface area (Å²) in [6.07, 6.45) is 0. The monoisotopic (exact) mass is 216 g/mol. The first kappa shape index (κ1) is 13.9. The SMILES string of the molecule is CC(C(=O)O)C(C)N(C)CC(=O)N(C)C. The Balaban J connectivity index is 4.27. The van der Waals surface area contributed by atoms with Gasteiger partial charge in [-0.3, -0.25) is 14.5 Å². The number of carbonyl (C=O) groups excluding carboxylic acids is 1. The fourth-order valence-electron chi connectivity index (χ4n) is 1.09. The maximum atomic E-state index is 11.4. The second-order valence-electron chi connectivity index (χ2n) is 4.07. The predicted molar refractivity (Wildman–Crippen MR) is 57.6 cm³/mol. The van der Waals surface area contributed by atoms with E-state index in [1.807, 2.05) is 6.92 Å². The van der Waals surface area contributed by atoms with Crippen LogP contribution in [0.3, 0.4) is 0 Å². The van der Waals surface area contributed by atoms with E-state index in [1.165, 1.54) is 4.90 Å². The first-order valence-electron chi connectivity index (χ1n) is 4.90. The van der Waals surface area contributed by atoms with Crippen LogP contribution < -0.4 is 0 Å². The van der Waals surface area contributed by atoms with Gasteiger partial charge in [0.1, 0.15) is 0 Å². The highest BCUT2D eigenvalue weighted by Gasteiger charge is 2.24. The third kappa shape index (κ3) is 4.29. The highest BCUT2D eigenvalue weighted by atomic mass is 16.4. The lowest BCUT2D eigenvalue weighted by Gasteiger charge is -2.27. The highest BCUT2D eigenvalue weighted by Crippen LogP contribution is 2.09. The van der Waals surface area contributed by atoms with Gasteiger partial charge in [0.2, 0.25) is 5.91 Å². The van der Waals surface area contributed by atoms with Crippen molar-refractivity contribution < 1.29 is 14.7 Å². The Hall–Kier alpha value is -1.10. The Morgan fingerprint density at radius 1 is 1.20 bits per heavy atom. The molecule has 2 atom stereocenters. The standard InChI is InChI=1S/C10H20N2O3/c1-7(10(14)15)8(2)12(5)6-9(13)11(3)4/h7-8H,6H2,1-5H3,(H,14,15). The van der Waals surface area contributed by atoms with Gasteiger partial charge in [0, 0.05) is 20.1 Å². The van der Waals surface area contributed by atoms with Gasteiger partial charge in [0.05, 0.1) is 12.5 Å². The number of carboxylic acids is 1. The molecule has 0 rings (SSSR count). The van der Waals surface area contributed by atoms with Crippen LogP contribution in [0.1, 0.15) is 13.8 Å². The lowest BCUT2D eigenvalue weighted by atomic mass is 10.0. The van der Waals surface area contributed by atoms with Gasteiger partial charge < -0.3 is 10.0 Å². The lowest BCUT2D eigenvalue weighted by molar-refractivity contribution is -0.144. The van der Waals surface area contributed by atoms with Crippen molar-refractivity contribution in [1.82, 2.24) is 9.80 Å². The van der Waals surface area contributed by atoms with Gasteiger partial charge in [0.15, 0.2) is 0 Å². The summed E-state index contributed by atoms with van der Waals surface area (Å²) in [6.45, 7) is 3.69. The molecule has 0 aliphatic heterocycles. The van der Waals surface area contributed by atoms with Crippen LogP contribution in [-0.4, -0.2) is 60.5 Å². The molecule has 0 heterocycles. The van der Waals surface area contributed by atoms with Crippen LogP contribution in [0.4, 0.5) is 0 Å². The van der Waals surface area contributed by atoms with Crippen LogP contribution in [0.5, 0.6) is 0 Å². The molecule has 0 saturated carbocycles. The molecule has 0 aliphatic carbocycles. The Bertz CT molecular complexity index is 241. The summed E-state index contributed by atoms with van der Waals surface area (Å²) in [7, 11) is 5.12. The van der Waals surface area contributed by atoms with Gasteiger partial charge in [-0.1, -0.05) is 6.92 Å². The number of nitrogens with zero attached hydrogens (tertiary/aromatic N) is 2. The van der Waals surface area contributed by atoms with Crippen LogP contribution >= 0.6 is 0 Å². The minimum absolute atomic E-state index is 0.0260. The Morgan fingerprint density at radius 3 is 2.00 bits per heavy atom. The Labute approximate surface area is 90.7 Å². The van der Waals surface area contributed by atoms with E-state index >= 15 is 0 Å². The van der Waals surface area contributed by atoms with Gasteiger partial charge in [-0.25, -0.2) is 0 Å². The second kappa shape index (κ2) is 5.70. The molecule has 0 fully saturated rings. The third-order valence-corrected chi connectivity index (χ3v) is 2.69. The molecule has 1 N–H and O–H groups in total. The van der Waals surface area contributed by atoms with Gasteiger partial charge in [-0.15, -0.1) is 0 Å². The summed E-state index contributed by atoms with van der Waals surface area (Å²) in [4.78, 5) is 25.4. The normalized spacial score (nSPS) is 14.8. The molecule has 5 nitrogen and oxygen atoms in total. The number of hydrogen-bond acceptors (Lipinski definition) is 3. The third-order valence-electron chi connectivity index (χ3n) is 2.69. The summed E-state index contributed by atoms with van der Waals surface area (Å²) in [6, 6.07) is -0.161. The summed E-state index contributed by atoms with van der Waals surface area (Å²) in [5, 5.41) is 8.82. The number of carbonyl (C=O) groups is 2. The smallest absolute Gasteiger partial charge is 0.307 e. The fraction of sp³-hybridized carbons (Fsp3) is 0.800. The van der Waals surface area contributed by atoms with Gasteiger partial charge >= 0.3 is 5.97 Å². The largest absolute Gasteiger partial charge is 0.481 e. The number of aliphatic carboxylic acids is 1. The molecule has 0 aromatic carbocycles. The molecular formula is C10H20N2O3. The molecule has 2 unspecified atom stereocenters. The molecular weight excluding hydrogens is 196 g/mol. The zero-order valence-corrected chi connectivity index (χ0v) is 10.0. The Morgan fingerprint density at radius 2 is 1.67 bits per heavy atom. The van der Waals surface area contributed by atoms with Crippen molar-refractivity contribution in [3.05, 3.63) is 0 Å². The van der Waals surface area contributed by atoms with Crippen molar-refractivity contribution in [2.24, 2.45) is 5.92 Å². The zero-order valence-electron chi connectivity index (χ0n) is 10.0. The van der Waals surface area contributed by atoms with Crippen molar-refractivity contribution in [2.75, 3.05) is 27.7 Å². The molecule has 15 heavy (non-hydrogen) atoms. The fourth-order valence-corrected chi connectivity index (χ4v) is 1.09. The minimum atomic E-state index is -0.841. The zero-order chi connectivity index (χ0) is 12.2. The maximum absolute atomic E-state index is 11.4. The van der Waals surface area contributed by atoms with Crippen LogP contribution in [0.2, 0.25) is 0 Å². The minimum Gasteiger partial charge on any atom is -0.481 e. The number of amides is 1. The van der Waals surface area contributed by atoms with E-state index in [0.717, 1.165) is 0 Å². The van der Waals surface area contributed by atoms with Crippen molar-refractivity contribution >= 4 is 11.9 Å². The van der Waals surface area contributed by atoms with E-state index < -0.39 is 11.9 Å². The van der Waals surface area contributed by atoms with Crippen LogP contribution in [0, 0.1) is 5.92 Å². The van der Waals surface area contributed by atoms with Crippen molar-refractivity contribution in [3.63, 3.8) is 0 Å². The Kier molecular flexibility index (Phi) is 5.28. The molecule has 1 amide bonds. The van der Waals surface area contributed by atoms with Gasteiger partial charge in [0.25, 0.3) is 0 Å². The van der Waals surface area contributed by atoms with E-state index in [1.54, 1.807) is 33.0 Å². The topological polar surface area (TPSA) is 60.9 Å². The summed E-state index contributed by atoms with van der Waals surface area (Å²) in [5.41, 5.74) is 0. The highest BCUT2D eigenvalue weighted by molar-refractivity contribution is 5.77. The molecule has 0 aromatic rings. The summed E-state index contributed by atoms with van der Waals surface area (Å²) in [5.74, 6) is -1.35. The molecule has 0 spiro atoms. The number of likely N-dealkylation sites (N-methyl/N-ethyl adjacent to an activating group) is 2. The average molecular weight is 216 g/mol. The first-order valence-corrected chi connectivity index (χ1v) is 4.90. The van der Waals surface area contributed by atoms with Crippen LogP contribution in [-0.2, 0) is 9.59 Å². The molecule has 88 valence electrons. The predicted octanol–water partition coefficient (Wildman–Crippen LogP) is 0.116.